The van der Waals surface area contributed by atoms with Crippen LogP contribution in [0.15, 0.2) is 24.3 Å². The van der Waals surface area contributed by atoms with Crippen molar-refractivity contribution >= 4 is 11.8 Å². The van der Waals surface area contributed by atoms with E-state index >= 15 is 0 Å². The standard InChI is InChI=1S/C16H24N2O3/c1-10(2)18(11(3)4)16(20)12(5)21-14-8-6-13(7-9-14)15(17)19/h6-12H,1-5H3,(H2,17,19). The molecule has 21 heavy (non-hydrogen) atoms. The molecule has 1 unspecified atom stereocenters. The van der Waals surface area contributed by atoms with Crippen LogP contribution < -0.4 is 10.5 Å². The van der Waals surface area contributed by atoms with E-state index in [4.69, 9.17) is 10.5 Å². The normalized spacial score (nSPS) is 12.3. The Labute approximate surface area is 126 Å². The summed E-state index contributed by atoms with van der Waals surface area (Å²) in [4.78, 5) is 25.2. The van der Waals surface area contributed by atoms with E-state index < -0.39 is 12.0 Å². The molecule has 0 heterocycles. The molecular weight excluding hydrogens is 268 g/mol. The highest BCUT2D eigenvalue weighted by molar-refractivity contribution is 5.92. The fraction of sp³-hybridized carbons (Fsp3) is 0.500. The zero-order valence-electron chi connectivity index (χ0n) is 13.3. The summed E-state index contributed by atoms with van der Waals surface area (Å²) in [5.41, 5.74) is 5.59. The largest absolute Gasteiger partial charge is 0.481 e. The van der Waals surface area contributed by atoms with Crippen molar-refractivity contribution in [3.05, 3.63) is 29.8 Å². The minimum atomic E-state index is -0.589. The van der Waals surface area contributed by atoms with Gasteiger partial charge in [-0.15, -0.1) is 0 Å². The molecule has 0 aliphatic rings. The van der Waals surface area contributed by atoms with Gasteiger partial charge >= 0.3 is 0 Å². The van der Waals surface area contributed by atoms with E-state index in [2.05, 4.69) is 0 Å². The second-order valence-corrected chi connectivity index (χ2v) is 5.58. The Kier molecular flexibility index (Phi) is 5.76. The molecule has 116 valence electrons. The van der Waals surface area contributed by atoms with Crippen LogP contribution in [0.4, 0.5) is 0 Å². The number of benzene rings is 1. The smallest absolute Gasteiger partial charge is 0.263 e. The van der Waals surface area contributed by atoms with Gasteiger partial charge in [-0.05, 0) is 58.9 Å². The molecular formula is C16H24N2O3. The van der Waals surface area contributed by atoms with E-state index in [1.165, 1.54) is 0 Å². The quantitative estimate of drug-likeness (QED) is 0.873. The van der Waals surface area contributed by atoms with Crippen LogP contribution in [0, 0.1) is 0 Å². The zero-order valence-corrected chi connectivity index (χ0v) is 13.3. The summed E-state index contributed by atoms with van der Waals surface area (Å²) in [5, 5.41) is 0. The number of rotatable bonds is 6. The van der Waals surface area contributed by atoms with Crippen molar-refractivity contribution in [3.63, 3.8) is 0 Å². The van der Waals surface area contributed by atoms with E-state index in [1.807, 2.05) is 27.7 Å². The number of hydrogen-bond acceptors (Lipinski definition) is 3. The van der Waals surface area contributed by atoms with Gasteiger partial charge in [-0.3, -0.25) is 9.59 Å². The SMILES string of the molecule is CC(Oc1ccc(C(N)=O)cc1)C(=O)N(C(C)C)C(C)C. The number of nitrogens with zero attached hydrogens (tertiary/aromatic N) is 1. The Morgan fingerprint density at radius 1 is 1.00 bits per heavy atom. The van der Waals surface area contributed by atoms with Crippen molar-refractivity contribution in [2.75, 3.05) is 0 Å². The van der Waals surface area contributed by atoms with E-state index in [0.29, 0.717) is 11.3 Å². The van der Waals surface area contributed by atoms with Crippen LogP contribution in [-0.2, 0) is 4.79 Å². The molecule has 0 spiro atoms. The van der Waals surface area contributed by atoms with Crippen molar-refractivity contribution in [3.8, 4) is 5.75 Å². The zero-order chi connectivity index (χ0) is 16.2. The maximum Gasteiger partial charge on any atom is 0.263 e. The predicted octanol–water partition coefficient (Wildman–Crippen LogP) is 2.20. The Morgan fingerprint density at radius 3 is 1.86 bits per heavy atom. The summed E-state index contributed by atoms with van der Waals surface area (Å²) < 4.78 is 5.65. The van der Waals surface area contributed by atoms with Crippen molar-refractivity contribution < 1.29 is 14.3 Å². The van der Waals surface area contributed by atoms with Gasteiger partial charge in [0, 0.05) is 17.6 Å². The third-order valence-electron chi connectivity index (χ3n) is 3.17. The van der Waals surface area contributed by atoms with Crippen LogP contribution >= 0.6 is 0 Å². The Balaban J connectivity index is 2.77. The third kappa shape index (κ3) is 4.48. The topological polar surface area (TPSA) is 72.6 Å². The second kappa shape index (κ2) is 7.11. The Bertz CT molecular complexity index is 487. The summed E-state index contributed by atoms with van der Waals surface area (Å²) in [6, 6.07) is 6.66. The first-order chi connectivity index (χ1) is 9.73. The fourth-order valence-corrected chi connectivity index (χ4v) is 2.27. The molecule has 1 aromatic carbocycles. The molecule has 0 bridgehead atoms. The number of carbonyl (C=O) groups is 2. The summed E-state index contributed by atoms with van der Waals surface area (Å²) in [7, 11) is 0. The van der Waals surface area contributed by atoms with Gasteiger partial charge in [0.25, 0.3) is 5.91 Å². The van der Waals surface area contributed by atoms with Crippen LogP contribution in [0.2, 0.25) is 0 Å². The number of hydrogen-bond donors (Lipinski definition) is 1. The maximum absolute atomic E-state index is 12.4. The van der Waals surface area contributed by atoms with Gasteiger partial charge in [0.1, 0.15) is 5.75 Å². The van der Waals surface area contributed by atoms with Crippen LogP contribution in [0.25, 0.3) is 0 Å². The summed E-state index contributed by atoms with van der Waals surface area (Å²) >= 11 is 0. The summed E-state index contributed by atoms with van der Waals surface area (Å²) in [6.45, 7) is 9.64. The maximum atomic E-state index is 12.4. The van der Waals surface area contributed by atoms with Crippen molar-refractivity contribution in [2.45, 2.75) is 52.8 Å². The number of ether oxygens (including phenoxy) is 1. The van der Waals surface area contributed by atoms with Crippen LogP contribution in [0.5, 0.6) is 5.75 Å². The lowest BCUT2D eigenvalue weighted by molar-refractivity contribution is -0.141. The lowest BCUT2D eigenvalue weighted by Gasteiger charge is -2.33. The first-order valence-corrected chi connectivity index (χ1v) is 7.12. The molecule has 5 nitrogen and oxygen atoms in total. The van der Waals surface area contributed by atoms with Gasteiger partial charge in [-0.1, -0.05) is 0 Å². The van der Waals surface area contributed by atoms with Gasteiger partial charge in [0.15, 0.2) is 6.10 Å². The van der Waals surface area contributed by atoms with Crippen LogP contribution in [0.1, 0.15) is 45.0 Å². The van der Waals surface area contributed by atoms with Crippen molar-refractivity contribution in [1.29, 1.82) is 0 Å². The van der Waals surface area contributed by atoms with Crippen molar-refractivity contribution in [2.24, 2.45) is 5.73 Å². The first-order valence-electron chi connectivity index (χ1n) is 7.12. The highest BCUT2D eigenvalue weighted by Gasteiger charge is 2.26. The molecule has 1 atom stereocenters. The summed E-state index contributed by atoms with van der Waals surface area (Å²) in [6.07, 6.45) is -0.589. The van der Waals surface area contributed by atoms with Gasteiger partial charge in [-0.25, -0.2) is 0 Å². The average Bonchev–Trinajstić information content (AvgIpc) is 2.38. The minimum absolute atomic E-state index is 0.0565. The predicted molar refractivity (Wildman–Crippen MR) is 82.2 cm³/mol. The molecule has 0 saturated heterocycles. The fourth-order valence-electron chi connectivity index (χ4n) is 2.27. The van der Waals surface area contributed by atoms with E-state index in [1.54, 1.807) is 36.1 Å². The van der Waals surface area contributed by atoms with E-state index in [9.17, 15) is 9.59 Å². The van der Waals surface area contributed by atoms with Crippen LogP contribution in [-0.4, -0.2) is 34.9 Å². The highest BCUT2D eigenvalue weighted by atomic mass is 16.5. The molecule has 0 fully saturated rings. The van der Waals surface area contributed by atoms with E-state index in [0.717, 1.165) is 0 Å². The lowest BCUT2D eigenvalue weighted by atomic mass is 10.2. The molecule has 2 amide bonds. The third-order valence-corrected chi connectivity index (χ3v) is 3.17. The second-order valence-electron chi connectivity index (χ2n) is 5.58. The Hall–Kier alpha value is -2.04. The van der Waals surface area contributed by atoms with Gasteiger partial charge in [0.05, 0.1) is 0 Å². The first kappa shape index (κ1) is 17.0. The monoisotopic (exact) mass is 292 g/mol. The number of nitrogens with two attached hydrogens (primary N) is 1. The molecule has 0 saturated carbocycles. The van der Waals surface area contributed by atoms with Gasteiger partial charge in [0.2, 0.25) is 5.91 Å². The summed E-state index contributed by atoms with van der Waals surface area (Å²) in [5.74, 6) is -0.0104. The highest BCUT2D eigenvalue weighted by Crippen LogP contribution is 2.16. The molecule has 0 aliphatic heterocycles. The molecule has 0 aromatic heterocycles. The molecule has 2 N–H and O–H groups in total. The molecule has 0 aliphatic carbocycles. The number of primary amides is 1. The lowest BCUT2D eigenvalue weighted by Crippen LogP contribution is -2.48. The molecule has 0 radical (unpaired) electrons. The Morgan fingerprint density at radius 2 is 1.48 bits per heavy atom. The van der Waals surface area contributed by atoms with Gasteiger partial charge < -0.3 is 15.4 Å². The number of carbonyl (C=O) groups excluding carboxylic acids is 2. The number of amides is 2. The van der Waals surface area contributed by atoms with Crippen molar-refractivity contribution in [1.82, 2.24) is 4.90 Å². The average molecular weight is 292 g/mol. The van der Waals surface area contributed by atoms with Crippen LogP contribution in [0.3, 0.4) is 0 Å². The molecule has 5 heteroatoms. The molecule has 1 rings (SSSR count). The minimum Gasteiger partial charge on any atom is -0.481 e. The molecule has 1 aromatic rings. The van der Waals surface area contributed by atoms with Gasteiger partial charge in [-0.2, -0.15) is 0 Å². The van der Waals surface area contributed by atoms with E-state index in [-0.39, 0.29) is 18.0 Å².